The van der Waals surface area contributed by atoms with Crippen LogP contribution in [0, 0.1) is 0 Å². The summed E-state index contributed by atoms with van der Waals surface area (Å²) in [6.07, 6.45) is 4.93. The van der Waals surface area contributed by atoms with E-state index in [2.05, 4.69) is 46.7 Å². The molecule has 2 aromatic rings. The number of hydrogen-bond donors (Lipinski definition) is 2. The fourth-order valence-corrected chi connectivity index (χ4v) is 3.19. The number of nitrogens with zero attached hydrogens (tertiary/aromatic N) is 1. The minimum Gasteiger partial charge on any atom is -0.313 e. The SMILES string of the molecule is CCNCc1cccc(Cc2n[nH]c(=O)c3c2CCCC3)c1. The van der Waals surface area contributed by atoms with Gasteiger partial charge in [0.1, 0.15) is 0 Å². The van der Waals surface area contributed by atoms with Crippen molar-refractivity contribution in [1.29, 1.82) is 0 Å². The van der Waals surface area contributed by atoms with Crippen molar-refractivity contribution in [3.05, 3.63) is 62.6 Å². The molecule has 116 valence electrons. The van der Waals surface area contributed by atoms with Crippen LogP contribution in [-0.4, -0.2) is 16.7 Å². The van der Waals surface area contributed by atoms with Crippen molar-refractivity contribution in [2.24, 2.45) is 0 Å². The predicted octanol–water partition coefficient (Wildman–Crippen LogP) is 2.35. The maximum Gasteiger partial charge on any atom is 0.267 e. The molecule has 22 heavy (non-hydrogen) atoms. The molecule has 0 aliphatic heterocycles. The van der Waals surface area contributed by atoms with E-state index >= 15 is 0 Å². The third-order valence-electron chi connectivity index (χ3n) is 4.32. The molecule has 0 spiro atoms. The molecular weight excluding hydrogens is 274 g/mol. The van der Waals surface area contributed by atoms with Gasteiger partial charge in [-0.3, -0.25) is 4.79 Å². The molecule has 0 saturated heterocycles. The molecule has 4 heteroatoms. The normalized spacial score (nSPS) is 13.9. The second-order valence-corrected chi connectivity index (χ2v) is 5.94. The summed E-state index contributed by atoms with van der Waals surface area (Å²) in [5, 5.41) is 10.4. The minimum atomic E-state index is -0.000605. The number of H-pyrrole nitrogens is 1. The fourth-order valence-electron chi connectivity index (χ4n) is 3.19. The molecular formula is C18H23N3O. The average molecular weight is 297 g/mol. The minimum absolute atomic E-state index is 0.000605. The maximum atomic E-state index is 11.9. The van der Waals surface area contributed by atoms with Crippen molar-refractivity contribution >= 4 is 0 Å². The molecule has 1 aliphatic carbocycles. The molecule has 4 nitrogen and oxygen atoms in total. The van der Waals surface area contributed by atoms with Crippen molar-refractivity contribution < 1.29 is 0 Å². The highest BCUT2D eigenvalue weighted by atomic mass is 16.1. The first kappa shape index (κ1) is 15.0. The molecule has 0 fully saturated rings. The summed E-state index contributed by atoms with van der Waals surface area (Å²) in [4.78, 5) is 11.9. The first-order valence-corrected chi connectivity index (χ1v) is 8.15. The molecule has 0 atom stereocenters. The van der Waals surface area contributed by atoms with Gasteiger partial charge in [-0.25, -0.2) is 5.10 Å². The van der Waals surface area contributed by atoms with Crippen molar-refractivity contribution in [2.75, 3.05) is 6.54 Å². The first-order valence-electron chi connectivity index (χ1n) is 8.15. The number of nitrogens with one attached hydrogen (secondary N) is 2. The predicted molar refractivity (Wildman–Crippen MR) is 88.1 cm³/mol. The lowest BCUT2D eigenvalue weighted by Gasteiger charge is -2.17. The molecule has 0 amide bonds. The number of benzene rings is 1. The Hall–Kier alpha value is -1.94. The van der Waals surface area contributed by atoms with Crippen LogP contribution in [0.25, 0.3) is 0 Å². The molecule has 0 radical (unpaired) electrons. The van der Waals surface area contributed by atoms with Crippen LogP contribution in [0.4, 0.5) is 0 Å². The van der Waals surface area contributed by atoms with Crippen LogP contribution in [-0.2, 0) is 25.8 Å². The smallest absolute Gasteiger partial charge is 0.267 e. The van der Waals surface area contributed by atoms with Crippen LogP contribution >= 0.6 is 0 Å². The molecule has 1 aliphatic rings. The van der Waals surface area contributed by atoms with Crippen molar-refractivity contribution in [3.63, 3.8) is 0 Å². The fraction of sp³-hybridized carbons (Fsp3) is 0.444. The van der Waals surface area contributed by atoms with Gasteiger partial charge in [-0.2, -0.15) is 5.10 Å². The zero-order valence-electron chi connectivity index (χ0n) is 13.1. The summed E-state index contributed by atoms with van der Waals surface area (Å²) in [5.41, 5.74) is 5.72. The van der Waals surface area contributed by atoms with E-state index in [0.29, 0.717) is 0 Å². The van der Waals surface area contributed by atoms with E-state index in [1.54, 1.807) is 0 Å². The first-order chi connectivity index (χ1) is 10.8. The molecule has 0 unspecified atom stereocenters. The van der Waals surface area contributed by atoms with Gasteiger partial charge in [0.2, 0.25) is 0 Å². The van der Waals surface area contributed by atoms with Gasteiger partial charge in [-0.05, 0) is 48.9 Å². The molecule has 0 saturated carbocycles. The van der Waals surface area contributed by atoms with E-state index < -0.39 is 0 Å². The van der Waals surface area contributed by atoms with Crippen LogP contribution in [0.15, 0.2) is 29.1 Å². The number of rotatable bonds is 5. The van der Waals surface area contributed by atoms with E-state index in [1.807, 2.05) is 0 Å². The second kappa shape index (κ2) is 6.88. The van der Waals surface area contributed by atoms with Crippen molar-refractivity contribution in [1.82, 2.24) is 15.5 Å². The van der Waals surface area contributed by atoms with Gasteiger partial charge in [0.15, 0.2) is 0 Å². The van der Waals surface area contributed by atoms with Crippen LogP contribution in [0.1, 0.15) is 47.7 Å². The quantitative estimate of drug-likeness (QED) is 0.890. The van der Waals surface area contributed by atoms with E-state index in [0.717, 1.165) is 56.5 Å². The Bertz CT molecular complexity index is 706. The molecule has 1 aromatic carbocycles. The van der Waals surface area contributed by atoms with E-state index in [-0.39, 0.29) is 5.56 Å². The summed E-state index contributed by atoms with van der Waals surface area (Å²) in [6.45, 7) is 3.97. The Labute approximate surface area is 131 Å². The van der Waals surface area contributed by atoms with Gasteiger partial charge in [-0.15, -0.1) is 0 Å². The Morgan fingerprint density at radius 2 is 1.95 bits per heavy atom. The summed E-state index contributed by atoms with van der Waals surface area (Å²) >= 11 is 0. The molecule has 2 N–H and O–H groups in total. The summed E-state index contributed by atoms with van der Waals surface area (Å²) in [6, 6.07) is 8.60. The average Bonchev–Trinajstić information content (AvgIpc) is 2.56. The monoisotopic (exact) mass is 297 g/mol. The van der Waals surface area contributed by atoms with Gasteiger partial charge >= 0.3 is 0 Å². The standard InChI is InChI=1S/C18H23N3O/c1-2-19-12-14-7-5-6-13(10-14)11-17-15-8-3-4-9-16(15)18(22)21-20-17/h5-7,10,19H,2-4,8-9,11-12H2,1H3,(H,21,22). The van der Waals surface area contributed by atoms with E-state index in [4.69, 9.17) is 0 Å². The highest BCUT2D eigenvalue weighted by molar-refractivity contribution is 5.35. The zero-order chi connectivity index (χ0) is 15.4. The van der Waals surface area contributed by atoms with Crippen molar-refractivity contribution in [3.8, 4) is 0 Å². The highest BCUT2D eigenvalue weighted by Gasteiger charge is 2.17. The molecule has 1 heterocycles. The number of fused-ring (bicyclic) bond motifs is 1. The molecule has 3 rings (SSSR count). The Balaban J connectivity index is 1.86. The molecule has 1 aromatic heterocycles. The van der Waals surface area contributed by atoms with Gasteiger partial charge in [0, 0.05) is 18.5 Å². The zero-order valence-corrected chi connectivity index (χ0v) is 13.1. The Morgan fingerprint density at radius 3 is 2.77 bits per heavy atom. The Kier molecular flexibility index (Phi) is 4.68. The van der Waals surface area contributed by atoms with Gasteiger partial charge in [-0.1, -0.05) is 31.2 Å². The third kappa shape index (κ3) is 3.28. The lowest BCUT2D eigenvalue weighted by Crippen LogP contribution is -2.23. The maximum absolute atomic E-state index is 11.9. The van der Waals surface area contributed by atoms with Crippen LogP contribution in [0.2, 0.25) is 0 Å². The van der Waals surface area contributed by atoms with Crippen LogP contribution in [0.5, 0.6) is 0 Å². The number of hydrogen-bond acceptors (Lipinski definition) is 3. The summed E-state index contributed by atoms with van der Waals surface area (Å²) in [7, 11) is 0. The van der Waals surface area contributed by atoms with E-state index in [9.17, 15) is 4.79 Å². The largest absolute Gasteiger partial charge is 0.313 e. The van der Waals surface area contributed by atoms with Crippen molar-refractivity contribution in [2.45, 2.75) is 45.6 Å². The second-order valence-electron chi connectivity index (χ2n) is 5.94. The third-order valence-corrected chi connectivity index (χ3v) is 4.32. The summed E-state index contributed by atoms with van der Waals surface area (Å²) < 4.78 is 0. The Morgan fingerprint density at radius 1 is 1.18 bits per heavy atom. The van der Waals surface area contributed by atoms with Gasteiger partial charge in [0.05, 0.1) is 5.69 Å². The topological polar surface area (TPSA) is 57.8 Å². The highest BCUT2D eigenvalue weighted by Crippen LogP contribution is 2.22. The van der Waals surface area contributed by atoms with Gasteiger partial charge in [0.25, 0.3) is 5.56 Å². The lowest BCUT2D eigenvalue weighted by atomic mass is 9.90. The summed E-state index contributed by atoms with van der Waals surface area (Å²) in [5.74, 6) is 0. The number of aromatic amines is 1. The van der Waals surface area contributed by atoms with Crippen LogP contribution < -0.4 is 10.9 Å². The van der Waals surface area contributed by atoms with Gasteiger partial charge < -0.3 is 5.32 Å². The molecule has 0 bridgehead atoms. The van der Waals surface area contributed by atoms with E-state index in [1.165, 1.54) is 16.7 Å². The van der Waals surface area contributed by atoms with Crippen LogP contribution in [0.3, 0.4) is 0 Å². The number of aromatic nitrogens is 2. The lowest BCUT2D eigenvalue weighted by molar-refractivity contribution is 0.655.